The second kappa shape index (κ2) is 7.59. The van der Waals surface area contributed by atoms with E-state index in [9.17, 15) is 13.2 Å². The second-order valence-corrected chi connectivity index (χ2v) is 8.67. The van der Waals surface area contributed by atoms with Crippen LogP contribution in [0.4, 0.5) is 0 Å². The van der Waals surface area contributed by atoms with Crippen molar-refractivity contribution in [2.24, 2.45) is 5.92 Å². The molecule has 2 aromatic rings. The molecule has 1 fully saturated rings. The second-order valence-electron chi connectivity index (χ2n) is 6.69. The molecule has 1 amide bonds. The average molecular weight is 377 g/mol. The Balaban J connectivity index is 1.70. The zero-order chi connectivity index (χ0) is 18.7. The first-order chi connectivity index (χ1) is 12.4. The zero-order valence-corrected chi connectivity index (χ0v) is 15.7. The van der Waals surface area contributed by atoms with E-state index < -0.39 is 9.84 Å². The topological polar surface area (TPSA) is 101 Å². The van der Waals surface area contributed by atoms with Crippen LogP contribution in [0.15, 0.2) is 35.5 Å². The summed E-state index contributed by atoms with van der Waals surface area (Å²) in [7, 11) is -3.37. The lowest BCUT2D eigenvalue weighted by atomic mass is 9.91. The Labute approximate surface area is 153 Å². The number of carbonyl (C=O) groups excluding carboxylic acids is 1. The molecular weight excluding hydrogens is 354 g/mol. The van der Waals surface area contributed by atoms with Gasteiger partial charge in [0.15, 0.2) is 9.84 Å². The summed E-state index contributed by atoms with van der Waals surface area (Å²) in [5, 5.41) is 9.67. The van der Waals surface area contributed by atoms with Crippen molar-refractivity contribution in [1.82, 2.24) is 15.5 Å². The summed E-state index contributed by atoms with van der Waals surface area (Å²) in [6.07, 6.45) is 6.47. The summed E-state index contributed by atoms with van der Waals surface area (Å²) in [4.78, 5) is 12.7. The van der Waals surface area contributed by atoms with E-state index in [2.05, 4.69) is 15.5 Å². The van der Waals surface area contributed by atoms with Crippen LogP contribution in [-0.4, -0.2) is 43.9 Å². The third-order valence-corrected chi connectivity index (χ3v) is 5.91. The predicted octanol–water partition coefficient (Wildman–Crippen LogP) is 2.02. The Kier molecular flexibility index (Phi) is 5.43. The molecule has 7 nitrogen and oxygen atoms in total. The third kappa shape index (κ3) is 4.13. The van der Waals surface area contributed by atoms with Crippen molar-refractivity contribution in [3.8, 4) is 0 Å². The molecule has 0 unspecified atom stereocenters. The van der Waals surface area contributed by atoms with Gasteiger partial charge in [0.25, 0.3) is 5.91 Å². The summed E-state index contributed by atoms with van der Waals surface area (Å²) in [5.74, 6) is -0.142. The number of hydrogen-bond acceptors (Lipinski definition) is 5. The van der Waals surface area contributed by atoms with Gasteiger partial charge >= 0.3 is 0 Å². The summed E-state index contributed by atoms with van der Waals surface area (Å²) < 4.78 is 29.6. The number of nitrogens with zero attached hydrogens (tertiary/aromatic N) is 1. The maximum atomic E-state index is 12.5. The van der Waals surface area contributed by atoms with Gasteiger partial charge in [-0.05, 0) is 37.5 Å². The first-order valence-electron chi connectivity index (χ1n) is 8.55. The highest BCUT2D eigenvalue weighted by Gasteiger charge is 2.28. The number of amides is 1. The Bertz CT molecular complexity index is 878. The number of hydrogen-bond donors (Lipinski definition) is 2. The summed E-state index contributed by atoms with van der Waals surface area (Å²) >= 11 is 0. The molecule has 0 saturated carbocycles. The number of benzene rings is 1. The molecule has 26 heavy (non-hydrogen) atoms. The number of aryl methyl sites for hydroxylation is 1. The van der Waals surface area contributed by atoms with E-state index in [4.69, 9.17) is 4.74 Å². The molecule has 140 valence electrons. The SMILES string of the molecule is Cc1ccc(C(=O)NC[C@@H]2CCCO[C@H]2c2cn[nH]c2)cc1S(C)(=O)=O. The van der Waals surface area contributed by atoms with E-state index in [1.807, 2.05) is 6.20 Å². The van der Waals surface area contributed by atoms with Gasteiger partial charge in [0.1, 0.15) is 0 Å². The predicted molar refractivity (Wildman–Crippen MR) is 96.6 cm³/mol. The quantitative estimate of drug-likeness (QED) is 0.830. The average Bonchev–Trinajstić information content (AvgIpc) is 3.13. The summed E-state index contributed by atoms with van der Waals surface area (Å²) in [6.45, 7) is 2.86. The monoisotopic (exact) mass is 377 g/mol. The molecule has 3 rings (SSSR count). The van der Waals surface area contributed by atoms with Gasteiger partial charge in [-0.15, -0.1) is 0 Å². The Morgan fingerprint density at radius 3 is 2.92 bits per heavy atom. The molecule has 1 aliphatic rings. The van der Waals surface area contributed by atoms with Crippen LogP contribution in [-0.2, 0) is 14.6 Å². The fraction of sp³-hybridized carbons (Fsp3) is 0.444. The standard InChI is InChI=1S/C18H23N3O4S/c1-12-5-6-13(8-16(12)26(2,23)24)18(22)19-9-14-4-3-7-25-17(14)15-10-20-21-11-15/h5-6,8,10-11,14,17H,3-4,7,9H2,1-2H3,(H,19,22)(H,20,21)/t14-,17+/m0/s1. The highest BCUT2D eigenvalue weighted by Crippen LogP contribution is 2.32. The van der Waals surface area contributed by atoms with E-state index in [1.165, 1.54) is 6.07 Å². The zero-order valence-electron chi connectivity index (χ0n) is 14.9. The van der Waals surface area contributed by atoms with Crippen molar-refractivity contribution in [1.29, 1.82) is 0 Å². The number of nitrogens with one attached hydrogen (secondary N) is 2. The van der Waals surface area contributed by atoms with E-state index in [-0.39, 0.29) is 22.8 Å². The van der Waals surface area contributed by atoms with Gasteiger partial charge < -0.3 is 10.1 Å². The van der Waals surface area contributed by atoms with Gasteiger partial charge in [0.05, 0.1) is 17.2 Å². The molecule has 1 saturated heterocycles. The molecule has 1 aromatic carbocycles. The van der Waals surface area contributed by atoms with Crippen molar-refractivity contribution < 1.29 is 17.9 Å². The number of H-pyrrole nitrogens is 1. The Morgan fingerprint density at radius 2 is 2.23 bits per heavy atom. The minimum Gasteiger partial charge on any atom is -0.373 e. The highest BCUT2D eigenvalue weighted by atomic mass is 32.2. The minimum atomic E-state index is -3.37. The summed E-state index contributed by atoms with van der Waals surface area (Å²) in [5.41, 5.74) is 1.94. The lowest BCUT2D eigenvalue weighted by molar-refractivity contribution is -0.0272. The van der Waals surface area contributed by atoms with Crippen LogP contribution in [0, 0.1) is 12.8 Å². The smallest absolute Gasteiger partial charge is 0.251 e. The van der Waals surface area contributed by atoms with Crippen LogP contribution in [0.5, 0.6) is 0 Å². The molecule has 0 bridgehead atoms. The van der Waals surface area contributed by atoms with Gasteiger partial charge in [-0.25, -0.2) is 8.42 Å². The van der Waals surface area contributed by atoms with Crippen LogP contribution in [0.1, 0.15) is 40.4 Å². The number of ether oxygens (including phenoxy) is 1. The van der Waals surface area contributed by atoms with Crippen molar-refractivity contribution in [2.75, 3.05) is 19.4 Å². The minimum absolute atomic E-state index is 0.104. The van der Waals surface area contributed by atoms with E-state index in [0.29, 0.717) is 24.3 Å². The molecule has 2 N–H and O–H groups in total. The van der Waals surface area contributed by atoms with Gasteiger partial charge in [-0.3, -0.25) is 9.89 Å². The van der Waals surface area contributed by atoms with Crippen molar-refractivity contribution >= 4 is 15.7 Å². The maximum Gasteiger partial charge on any atom is 0.251 e. The van der Waals surface area contributed by atoms with Crippen LogP contribution in [0.3, 0.4) is 0 Å². The molecule has 2 atom stereocenters. The Hall–Kier alpha value is -2.19. The third-order valence-electron chi connectivity index (χ3n) is 4.67. The number of aromatic nitrogens is 2. The first kappa shape index (κ1) is 18.6. The number of carbonyl (C=O) groups is 1. The molecule has 0 aliphatic carbocycles. The van der Waals surface area contributed by atoms with Gasteiger partial charge in [0.2, 0.25) is 0 Å². The first-order valence-corrected chi connectivity index (χ1v) is 10.4. The van der Waals surface area contributed by atoms with Crippen LogP contribution in [0.25, 0.3) is 0 Å². The van der Waals surface area contributed by atoms with Crippen molar-refractivity contribution in [3.05, 3.63) is 47.3 Å². The van der Waals surface area contributed by atoms with Crippen molar-refractivity contribution in [2.45, 2.75) is 30.8 Å². The molecule has 8 heteroatoms. The van der Waals surface area contributed by atoms with Gasteiger partial charge in [-0.1, -0.05) is 6.07 Å². The largest absolute Gasteiger partial charge is 0.373 e. The fourth-order valence-corrected chi connectivity index (χ4v) is 4.30. The lowest BCUT2D eigenvalue weighted by Gasteiger charge is -2.31. The number of aromatic amines is 1. The molecule has 0 radical (unpaired) electrons. The number of sulfone groups is 1. The molecule has 2 heterocycles. The molecule has 1 aromatic heterocycles. The maximum absolute atomic E-state index is 12.5. The van der Waals surface area contributed by atoms with E-state index in [0.717, 1.165) is 24.7 Å². The van der Waals surface area contributed by atoms with Crippen LogP contribution in [0.2, 0.25) is 0 Å². The van der Waals surface area contributed by atoms with E-state index >= 15 is 0 Å². The molecular formula is C18H23N3O4S. The highest BCUT2D eigenvalue weighted by molar-refractivity contribution is 7.90. The normalized spacial score (nSPS) is 20.7. The summed E-state index contributed by atoms with van der Waals surface area (Å²) in [6, 6.07) is 4.73. The lowest BCUT2D eigenvalue weighted by Crippen LogP contribution is -2.35. The van der Waals surface area contributed by atoms with Gasteiger partial charge in [-0.2, -0.15) is 5.10 Å². The molecule has 1 aliphatic heterocycles. The number of rotatable bonds is 5. The molecule has 0 spiro atoms. The van der Waals surface area contributed by atoms with Crippen molar-refractivity contribution in [3.63, 3.8) is 0 Å². The Morgan fingerprint density at radius 1 is 1.42 bits per heavy atom. The van der Waals surface area contributed by atoms with Gasteiger partial charge in [0, 0.05) is 42.6 Å². The van der Waals surface area contributed by atoms with Crippen LogP contribution < -0.4 is 5.32 Å². The fourth-order valence-electron chi connectivity index (χ4n) is 3.30. The van der Waals surface area contributed by atoms with E-state index in [1.54, 1.807) is 25.3 Å². The van der Waals surface area contributed by atoms with Crippen LogP contribution >= 0.6 is 0 Å².